The smallest absolute Gasteiger partial charge is 0.254 e. The molecule has 1 fully saturated rings. The third-order valence-electron chi connectivity index (χ3n) is 3.91. The molecule has 0 aromatic heterocycles. The molecule has 1 aliphatic heterocycles. The number of likely N-dealkylation sites (tertiary alicyclic amines) is 1. The number of nitrogens with zero attached hydrogens (tertiary/aromatic N) is 2. The molecule has 1 saturated heterocycles. The van der Waals surface area contributed by atoms with Crippen molar-refractivity contribution >= 4 is 11.8 Å². The van der Waals surface area contributed by atoms with Crippen LogP contribution in [0.3, 0.4) is 0 Å². The molecule has 22 heavy (non-hydrogen) atoms. The molecule has 2 amide bonds. The summed E-state index contributed by atoms with van der Waals surface area (Å²) >= 11 is 0. The van der Waals surface area contributed by atoms with E-state index < -0.39 is 11.6 Å². The Bertz CT molecular complexity index is 571. The topological polar surface area (TPSA) is 40.6 Å². The van der Waals surface area contributed by atoms with Crippen LogP contribution in [0.4, 0.5) is 8.78 Å². The number of unbranched alkanes of at least 4 members (excludes halogenated alkanes) is 1. The van der Waals surface area contributed by atoms with Crippen molar-refractivity contribution in [2.24, 2.45) is 5.92 Å². The van der Waals surface area contributed by atoms with E-state index in [1.165, 1.54) is 11.0 Å². The number of rotatable bonds is 5. The number of amides is 2. The SMILES string of the molecule is CCCCN(C)C(=O)C1CN(C(=O)c2ccc(F)c(F)c2)C1. The number of halogens is 2. The molecule has 0 saturated carbocycles. The minimum Gasteiger partial charge on any atom is -0.345 e. The lowest BCUT2D eigenvalue weighted by atomic mass is 9.97. The van der Waals surface area contributed by atoms with Gasteiger partial charge in [-0.3, -0.25) is 9.59 Å². The van der Waals surface area contributed by atoms with Gasteiger partial charge >= 0.3 is 0 Å². The Hall–Kier alpha value is -1.98. The second kappa shape index (κ2) is 6.85. The molecule has 1 aromatic rings. The molecule has 6 heteroatoms. The summed E-state index contributed by atoms with van der Waals surface area (Å²) in [5, 5.41) is 0. The molecule has 0 N–H and O–H groups in total. The van der Waals surface area contributed by atoms with Crippen LogP contribution in [-0.4, -0.2) is 48.3 Å². The van der Waals surface area contributed by atoms with Gasteiger partial charge in [0.15, 0.2) is 11.6 Å². The van der Waals surface area contributed by atoms with Crippen LogP contribution in [0.1, 0.15) is 30.1 Å². The largest absolute Gasteiger partial charge is 0.345 e. The minimum absolute atomic E-state index is 0.0304. The first kappa shape index (κ1) is 16.4. The fourth-order valence-electron chi connectivity index (χ4n) is 2.43. The zero-order chi connectivity index (χ0) is 16.3. The first-order valence-electron chi connectivity index (χ1n) is 7.43. The molecule has 4 nitrogen and oxygen atoms in total. The Morgan fingerprint density at radius 3 is 2.55 bits per heavy atom. The molecule has 2 rings (SSSR count). The standard InChI is InChI=1S/C16H20F2N2O2/c1-3-4-7-19(2)15(21)12-9-20(10-12)16(22)11-5-6-13(17)14(18)8-11/h5-6,8,12H,3-4,7,9-10H2,1-2H3. The zero-order valence-corrected chi connectivity index (χ0v) is 12.8. The minimum atomic E-state index is -1.04. The van der Waals surface area contributed by atoms with Gasteiger partial charge in [-0.15, -0.1) is 0 Å². The van der Waals surface area contributed by atoms with E-state index in [-0.39, 0.29) is 23.3 Å². The Kier molecular flexibility index (Phi) is 5.11. The molecule has 1 aliphatic rings. The quantitative estimate of drug-likeness (QED) is 0.837. The van der Waals surface area contributed by atoms with Crippen molar-refractivity contribution in [3.8, 4) is 0 Å². The third-order valence-corrected chi connectivity index (χ3v) is 3.91. The maximum absolute atomic E-state index is 13.1. The lowest BCUT2D eigenvalue weighted by Crippen LogP contribution is -2.56. The summed E-state index contributed by atoms with van der Waals surface area (Å²) in [5.74, 6) is -2.57. The number of benzene rings is 1. The Balaban J connectivity index is 1.89. The zero-order valence-electron chi connectivity index (χ0n) is 12.8. The van der Waals surface area contributed by atoms with E-state index >= 15 is 0 Å². The van der Waals surface area contributed by atoms with Gasteiger partial charge in [-0.25, -0.2) is 8.78 Å². The molecule has 0 bridgehead atoms. The van der Waals surface area contributed by atoms with Crippen molar-refractivity contribution < 1.29 is 18.4 Å². The Labute approximate surface area is 128 Å². The maximum atomic E-state index is 13.1. The fraction of sp³-hybridized carbons (Fsp3) is 0.500. The van der Waals surface area contributed by atoms with Crippen molar-refractivity contribution in [1.29, 1.82) is 0 Å². The number of carbonyl (C=O) groups excluding carboxylic acids is 2. The summed E-state index contributed by atoms with van der Waals surface area (Å²) in [6, 6.07) is 3.08. The predicted molar refractivity (Wildman–Crippen MR) is 78.3 cm³/mol. The van der Waals surface area contributed by atoms with E-state index in [9.17, 15) is 18.4 Å². The Morgan fingerprint density at radius 2 is 1.95 bits per heavy atom. The summed E-state index contributed by atoms with van der Waals surface area (Å²) in [6.07, 6.45) is 1.97. The van der Waals surface area contributed by atoms with Gasteiger partial charge in [-0.2, -0.15) is 0 Å². The highest BCUT2D eigenvalue weighted by Gasteiger charge is 2.37. The van der Waals surface area contributed by atoms with E-state index in [2.05, 4.69) is 6.92 Å². The van der Waals surface area contributed by atoms with E-state index in [4.69, 9.17) is 0 Å². The van der Waals surface area contributed by atoms with Gasteiger partial charge in [0.25, 0.3) is 5.91 Å². The molecule has 0 aliphatic carbocycles. The number of carbonyl (C=O) groups is 2. The highest BCUT2D eigenvalue weighted by Crippen LogP contribution is 2.21. The lowest BCUT2D eigenvalue weighted by molar-refractivity contribution is -0.138. The first-order chi connectivity index (χ1) is 10.4. The van der Waals surface area contributed by atoms with Crippen LogP contribution in [-0.2, 0) is 4.79 Å². The average Bonchev–Trinajstić information content (AvgIpc) is 2.45. The highest BCUT2D eigenvalue weighted by atomic mass is 19.2. The van der Waals surface area contributed by atoms with Crippen molar-refractivity contribution in [1.82, 2.24) is 9.80 Å². The van der Waals surface area contributed by atoms with Gasteiger partial charge in [-0.1, -0.05) is 13.3 Å². The van der Waals surface area contributed by atoms with Gasteiger partial charge < -0.3 is 9.80 Å². The summed E-state index contributed by atoms with van der Waals surface area (Å²) in [4.78, 5) is 27.4. The van der Waals surface area contributed by atoms with E-state index in [0.717, 1.165) is 25.0 Å². The van der Waals surface area contributed by atoms with E-state index in [1.807, 2.05) is 0 Å². The van der Waals surface area contributed by atoms with Crippen LogP contribution < -0.4 is 0 Å². The summed E-state index contributed by atoms with van der Waals surface area (Å²) in [7, 11) is 1.76. The van der Waals surface area contributed by atoms with Crippen LogP contribution in [0.15, 0.2) is 18.2 Å². The van der Waals surface area contributed by atoms with Gasteiger partial charge in [0, 0.05) is 32.2 Å². The van der Waals surface area contributed by atoms with Crippen LogP contribution in [0.25, 0.3) is 0 Å². The molecule has 1 heterocycles. The average molecular weight is 310 g/mol. The van der Waals surface area contributed by atoms with Crippen molar-refractivity contribution in [3.63, 3.8) is 0 Å². The lowest BCUT2D eigenvalue weighted by Gasteiger charge is -2.40. The summed E-state index contributed by atoms with van der Waals surface area (Å²) < 4.78 is 26.0. The molecule has 0 spiro atoms. The summed E-state index contributed by atoms with van der Waals surface area (Å²) in [5.41, 5.74) is 0.101. The second-order valence-electron chi connectivity index (χ2n) is 5.65. The normalized spacial score (nSPS) is 14.6. The molecule has 120 valence electrons. The molecular weight excluding hydrogens is 290 g/mol. The molecular formula is C16H20F2N2O2. The monoisotopic (exact) mass is 310 g/mol. The predicted octanol–water partition coefficient (Wildman–Crippen LogP) is 2.30. The van der Waals surface area contributed by atoms with Crippen LogP contribution in [0.2, 0.25) is 0 Å². The molecule has 0 atom stereocenters. The number of hydrogen-bond acceptors (Lipinski definition) is 2. The molecule has 0 radical (unpaired) electrons. The van der Waals surface area contributed by atoms with E-state index in [0.29, 0.717) is 19.6 Å². The Morgan fingerprint density at radius 1 is 1.27 bits per heavy atom. The molecule has 1 aromatic carbocycles. The van der Waals surface area contributed by atoms with E-state index in [1.54, 1.807) is 11.9 Å². The molecule has 0 unspecified atom stereocenters. The van der Waals surface area contributed by atoms with Gasteiger partial charge in [0.05, 0.1) is 5.92 Å². The van der Waals surface area contributed by atoms with Crippen molar-refractivity contribution in [2.75, 3.05) is 26.7 Å². The number of hydrogen-bond donors (Lipinski definition) is 0. The van der Waals surface area contributed by atoms with Crippen molar-refractivity contribution in [2.45, 2.75) is 19.8 Å². The first-order valence-corrected chi connectivity index (χ1v) is 7.43. The van der Waals surface area contributed by atoms with Gasteiger partial charge in [0.1, 0.15) is 0 Å². The fourth-order valence-corrected chi connectivity index (χ4v) is 2.43. The van der Waals surface area contributed by atoms with Crippen LogP contribution >= 0.6 is 0 Å². The summed E-state index contributed by atoms with van der Waals surface area (Å²) in [6.45, 7) is 3.42. The van der Waals surface area contributed by atoms with Gasteiger partial charge in [-0.05, 0) is 24.6 Å². The van der Waals surface area contributed by atoms with Crippen molar-refractivity contribution in [3.05, 3.63) is 35.4 Å². The van der Waals surface area contributed by atoms with Crippen LogP contribution in [0.5, 0.6) is 0 Å². The maximum Gasteiger partial charge on any atom is 0.254 e. The second-order valence-corrected chi connectivity index (χ2v) is 5.65. The highest BCUT2D eigenvalue weighted by molar-refractivity contribution is 5.96. The third kappa shape index (κ3) is 3.43. The van der Waals surface area contributed by atoms with Gasteiger partial charge in [0.2, 0.25) is 5.91 Å². The van der Waals surface area contributed by atoms with Crippen LogP contribution in [0, 0.1) is 17.6 Å².